The Morgan fingerprint density at radius 1 is 1.09 bits per heavy atom. The number of rotatable bonds is 6. The van der Waals surface area contributed by atoms with Crippen molar-refractivity contribution >= 4 is 18.3 Å². The lowest BCUT2D eigenvalue weighted by molar-refractivity contribution is -0.156. The fourth-order valence-corrected chi connectivity index (χ4v) is 10.1. The van der Waals surface area contributed by atoms with Crippen LogP contribution in [-0.2, 0) is 23.9 Å². The molecule has 2 fully saturated rings. The number of aliphatic hydroxyl groups excluding tert-OH is 2. The zero-order valence-electron chi connectivity index (χ0n) is 27.4. The summed E-state index contributed by atoms with van der Waals surface area (Å²) in [6.07, 6.45) is -3.90. The topological polar surface area (TPSA) is 133 Å². The van der Waals surface area contributed by atoms with Crippen molar-refractivity contribution in [2.24, 2.45) is 5.92 Å². The summed E-state index contributed by atoms with van der Waals surface area (Å²) in [6.45, 7) is 15.7. The van der Waals surface area contributed by atoms with Gasteiger partial charge in [-0.15, -0.1) is 0 Å². The minimum atomic E-state index is -4.36. The van der Waals surface area contributed by atoms with E-state index in [1.807, 2.05) is 6.92 Å². The Balaban J connectivity index is 1.63. The summed E-state index contributed by atoms with van der Waals surface area (Å²) in [4.78, 5) is 0.0176. The number of sulfonamides is 1. The molecule has 0 aromatic heterocycles. The van der Waals surface area contributed by atoms with Crippen molar-refractivity contribution in [1.29, 1.82) is 0 Å². The standard InChI is InChI=1S/C32H45NO10SSi/c1-17-10-12-18(13-11-17)44(36,37)33-24-22(19-14-21-26(40-16-39-21)27(38-7)23(19)30(33)35)20(15-34)25(43-45(8,9)31(2,3)4)29-28(24)41-32(5,6)42-29/h10-14,20,22,24-25,28-30,34-35H,15-16H2,1-9H3/t20-,22+,24-,25+,28+,29-,30?/m1/s1. The minimum absolute atomic E-state index is 0.0176. The number of aliphatic hydroxyl groups is 2. The fourth-order valence-electron chi connectivity index (χ4n) is 7.05. The van der Waals surface area contributed by atoms with E-state index in [0.29, 0.717) is 11.3 Å². The summed E-state index contributed by atoms with van der Waals surface area (Å²) >= 11 is 0. The van der Waals surface area contributed by atoms with Crippen molar-refractivity contribution < 1.29 is 46.7 Å². The average Bonchev–Trinajstić information content (AvgIpc) is 3.55. The molecule has 2 aromatic rings. The van der Waals surface area contributed by atoms with Gasteiger partial charge in [-0.1, -0.05) is 38.5 Å². The van der Waals surface area contributed by atoms with Crippen LogP contribution >= 0.6 is 0 Å². The molecule has 3 heterocycles. The number of fused-ring (bicyclic) bond motifs is 6. The first-order valence-electron chi connectivity index (χ1n) is 15.4. The second-order valence-electron chi connectivity index (χ2n) is 14.4. The molecule has 1 aliphatic carbocycles. The molecule has 0 amide bonds. The molecule has 3 aliphatic heterocycles. The van der Waals surface area contributed by atoms with Crippen LogP contribution in [0.5, 0.6) is 17.2 Å². The first kappa shape index (κ1) is 32.7. The van der Waals surface area contributed by atoms with E-state index in [2.05, 4.69) is 33.9 Å². The SMILES string of the molecule is COc1c2c(cc3c1C(O)N(S(=O)(=O)c1ccc(C)cc1)[C@H]1[C@@H]4OC(C)(C)O[C@@H]4[C@@H](O[Si](C)(C)C(C)(C)C)[C@H](CO)[C@H]31)OCO2. The zero-order chi connectivity index (χ0) is 32.9. The number of methoxy groups -OCH3 is 1. The van der Waals surface area contributed by atoms with E-state index in [1.165, 1.54) is 19.2 Å². The Hall–Kier alpha value is -2.23. The third kappa shape index (κ3) is 5.10. The molecule has 1 saturated carbocycles. The van der Waals surface area contributed by atoms with E-state index in [1.54, 1.807) is 32.0 Å². The Bertz CT molecular complexity index is 1570. The van der Waals surface area contributed by atoms with Gasteiger partial charge < -0.3 is 38.3 Å². The average molecular weight is 664 g/mol. The minimum Gasteiger partial charge on any atom is -0.492 e. The Kier molecular flexibility index (Phi) is 7.93. The summed E-state index contributed by atoms with van der Waals surface area (Å²) in [5.41, 5.74) is 1.71. The van der Waals surface area contributed by atoms with E-state index in [9.17, 15) is 18.6 Å². The Morgan fingerprint density at radius 3 is 2.33 bits per heavy atom. The van der Waals surface area contributed by atoms with E-state index in [4.69, 9.17) is 28.1 Å². The fraction of sp³-hybridized carbons (Fsp3) is 0.625. The zero-order valence-corrected chi connectivity index (χ0v) is 29.2. The van der Waals surface area contributed by atoms with E-state index >= 15 is 0 Å². The quantitative estimate of drug-likeness (QED) is 0.428. The second kappa shape index (κ2) is 10.9. The van der Waals surface area contributed by atoms with Gasteiger partial charge in [0.15, 0.2) is 31.8 Å². The molecule has 0 spiro atoms. The van der Waals surface area contributed by atoms with Gasteiger partial charge in [-0.25, -0.2) is 8.42 Å². The molecule has 2 aromatic carbocycles. The molecular formula is C32H45NO10SSi. The molecule has 13 heteroatoms. The highest BCUT2D eigenvalue weighted by Crippen LogP contribution is 2.60. The van der Waals surface area contributed by atoms with Gasteiger partial charge in [-0.05, 0) is 62.7 Å². The van der Waals surface area contributed by atoms with Crippen molar-refractivity contribution in [3.05, 3.63) is 47.0 Å². The van der Waals surface area contributed by atoms with Crippen LogP contribution in [0.25, 0.3) is 0 Å². The van der Waals surface area contributed by atoms with Crippen LogP contribution in [0.3, 0.4) is 0 Å². The Morgan fingerprint density at radius 2 is 1.73 bits per heavy atom. The smallest absolute Gasteiger partial charge is 0.245 e. The second-order valence-corrected chi connectivity index (χ2v) is 21.0. The first-order chi connectivity index (χ1) is 20.9. The molecule has 45 heavy (non-hydrogen) atoms. The molecule has 1 saturated heterocycles. The Labute approximate surface area is 266 Å². The summed E-state index contributed by atoms with van der Waals surface area (Å²) < 4.78 is 67.9. The van der Waals surface area contributed by atoms with E-state index in [-0.39, 0.29) is 40.4 Å². The van der Waals surface area contributed by atoms with Crippen molar-refractivity contribution in [1.82, 2.24) is 4.31 Å². The van der Waals surface area contributed by atoms with Crippen LogP contribution in [0.4, 0.5) is 0 Å². The van der Waals surface area contributed by atoms with Gasteiger partial charge in [0.1, 0.15) is 12.2 Å². The molecule has 7 atom stereocenters. The predicted molar refractivity (Wildman–Crippen MR) is 167 cm³/mol. The predicted octanol–water partition coefficient (Wildman–Crippen LogP) is 4.41. The molecular weight excluding hydrogens is 619 g/mol. The van der Waals surface area contributed by atoms with Gasteiger partial charge in [0.2, 0.25) is 22.6 Å². The molecule has 2 N–H and O–H groups in total. The maximum atomic E-state index is 14.7. The van der Waals surface area contributed by atoms with Crippen LogP contribution in [0, 0.1) is 12.8 Å². The number of nitrogens with zero attached hydrogens (tertiary/aromatic N) is 1. The summed E-state index contributed by atoms with van der Waals surface area (Å²) in [5.74, 6) is -1.56. The summed E-state index contributed by atoms with van der Waals surface area (Å²) in [7, 11) is -5.38. The van der Waals surface area contributed by atoms with E-state index in [0.717, 1.165) is 9.87 Å². The molecule has 6 rings (SSSR count). The number of ether oxygens (including phenoxy) is 5. The molecule has 0 bridgehead atoms. The lowest BCUT2D eigenvalue weighted by Gasteiger charge is -2.56. The number of hydrogen-bond donors (Lipinski definition) is 2. The van der Waals surface area contributed by atoms with Crippen LogP contribution < -0.4 is 14.2 Å². The monoisotopic (exact) mass is 663 g/mol. The largest absolute Gasteiger partial charge is 0.492 e. The van der Waals surface area contributed by atoms with Gasteiger partial charge in [-0.3, -0.25) is 0 Å². The lowest BCUT2D eigenvalue weighted by Crippen LogP contribution is -2.67. The van der Waals surface area contributed by atoms with Crippen LogP contribution in [0.1, 0.15) is 63.5 Å². The third-order valence-corrected chi connectivity index (χ3v) is 16.5. The van der Waals surface area contributed by atoms with Crippen molar-refractivity contribution in [2.75, 3.05) is 20.5 Å². The van der Waals surface area contributed by atoms with Gasteiger partial charge in [0.05, 0.1) is 24.2 Å². The number of benzene rings is 2. The maximum Gasteiger partial charge on any atom is 0.245 e. The highest BCUT2D eigenvalue weighted by Gasteiger charge is 2.66. The van der Waals surface area contributed by atoms with Gasteiger partial charge >= 0.3 is 0 Å². The highest BCUT2D eigenvalue weighted by atomic mass is 32.2. The molecule has 1 unspecified atom stereocenters. The van der Waals surface area contributed by atoms with Gasteiger partial charge in [-0.2, -0.15) is 4.31 Å². The van der Waals surface area contributed by atoms with Crippen molar-refractivity contribution in [3.63, 3.8) is 0 Å². The normalized spacial score (nSPS) is 30.9. The first-order valence-corrected chi connectivity index (χ1v) is 19.7. The van der Waals surface area contributed by atoms with Crippen LogP contribution in [-0.4, -0.2) is 81.9 Å². The van der Waals surface area contributed by atoms with Crippen LogP contribution in [0.2, 0.25) is 18.1 Å². The molecule has 11 nitrogen and oxygen atoms in total. The third-order valence-electron chi connectivity index (χ3n) is 10.2. The maximum absolute atomic E-state index is 14.7. The highest BCUT2D eigenvalue weighted by molar-refractivity contribution is 7.89. The van der Waals surface area contributed by atoms with Crippen molar-refractivity contribution in [3.8, 4) is 17.2 Å². The number of hydrogen-bond acceptors (Lipinski definition) is 10. The molecule has 0 radical (unpaired) electrons. The van der Waals surface area contributed by atoms with Gasteiger partial charge in [0, 0.05) is 24.0 Å². The molecule has 248 valence electrons. The summed E-state index contributed by atoms with van der Waals surface area (Å²) in [6, 6.07) is 7.28. The van der Waals surface area contributed by atoms with Crippen LogP contribution in [0.15, 0.2) is 35.2 Å². The molecule has 4 aliphatic rings. The van der Waals surface area contributed by atoms with Gasteiger partial charge in [0.25, 0.3) is 0 Å². The van der Waals surface area contributed by atoms with Crippen molar-refractivity contribution in [2.45, 2.75) is 107 Å². The number of aryl methyl sites for hydroxylation is 1. The van der Waals surface area contributed by atoms with E-state index < -0.39 is 66.5 Å². The summed E-state index contributed by atoms with van der Waals surface area (Å²) in [5, 5.41) is 23.3. The lowest BCUT2D eigenvalue weighted by atomic mass is 9.65.